The van der Waals surface area contributed by atoms with E-state index in [1.54, 1.807) is 0 Å². The second-order valence-electron chi connectivity index (χ2n) is 7.79. The lowest BCUT2D eigenvalue weighted by Gasteiger charge is -2.18. The fourth-order valence-corrected chi connectivity index (χ4v) is 4.04. The molecule has 2 aromatic heterocycles. The number of benzene rings is 2. The fourth-order valence-electron chi connectivity index (χ4n) is 4.04. The van der Waals surface area contributed by atoms with Gasteiger partial charge in [-0.05, 0) is 41.5 Å². The van der Waals surface area contributed by atoms with Gasteiger partial charge in [-0.1, -0.05) is 24.3 Å². The van der Waals surface area contributed by atoms with E-state index in [1.807, 2.05) is 24.3 Å². The number of carbonyl (C=O) groups is 2. The molecule has 0 saturated carbocycles. The zero-order valence-corrected chi connectivity index (χ0v) is 17.1. The number of aromatic nitrogens is 2. The number of nitrogens with one attached hydrogen (secondary N) is 2. The van der Waals surface area contributed by atoms with Crippen molar-refractivity contribution in [2.24, 2.45) is 0 Å². The highest BCUT2D eigenvalue weighted by atomic mass is 19.1. The van der Waals surface area contributed by atoms with Crippen LogP contribution in [0.2, 0.25) is 0 Å². The molecule has 1 aliphatic carbocycles. The minimum absolute atomic E-state index is 0.00411. The number of aliphatic hydroxyl groups is 1. The molecule has 7 nitrogen and oxygen atoms in total. The molecule has 9 heteroatoms. The van der Waals surface area contributed by atoms with E-state index in [2.05, 4.69) is 15.6 Å². The maximum absolute atomic E-state index is 14.4. The lowest BCUT2D eigenvalue weighted by molar-refractivity contribution is 0.0857. The molecule has 5 rings (SSSR count). The van der Waals surface area contributed by atoms with E-state index < -0.39 is 35.6 Å². The second kappa shape index (κ2) is 8.10. The van der Waals surface area contributed by atoms with E-state index in [9.17, 15) is 23.5 Å². The molecular formula is C24H18F2N4O3. The number of pyridine rings is 1. The fraction of sp³-hybridized carbons (Fsp3) is 0.125. The van der Waals surface area contributed by atoms with Crippen LogP contribution >= 0.6 is 0 Å². The second-order valence-corrected chi connectivity index (χ2v) is 7.79. The van der Waals surface area contributed by atoms with Crippen molar-refractivity contribution < 1.29 is 23.5 Å². The van der Waals surface area contributed by atoms with Gasteiger partial charge in [-0.3, -0.25) is 14.0 Å². The van der Waals surface area contributed by atoms with Crippen molar-refractivity contribution in [3.63, 3.8) is 0 Å². The molecule has 2 aromatic carbocycles. The van der Waals surface area contributed by atoms with Gasteiger partial charge in [-0.2, -0.15) is 0 Å². The van der Waals surface area contributed by atoms with Crippen molar-refractivity contribution in [1.29, 1.82) is 0 Å². The summed E-state index contributed by atoms with van der Waals surface area (Å²) in [5.74, 6) is -2.55. The first-order valence-electron chi connectivity index (χ1n) is 10.2. The van der Waals surface area contributed by atoms with Crippen LogP contribution in [0.25, 0.3) is 5.65 Å². The summed E-state index contributed by atoms with van der Waals surface area (Å²) in [5.41, 5.74) is 2.02. The van der Waals surface area contributed by atoms with Crippen LogP contribution in [0.15, 0.2) is 67.0 Å². The Hall–Kier alpha value is -4.11. The van der Waals surface area contributed by atoms with E-state index in [-0.39, 0.29) is 16.9 Å². The molecule has 166 valence electrons. The van der Waals surface area contributed by atoms with E-state index in [1.165, 1.54) is 34.9 Å². The zero-order chi connectivity index (χ0) is 23.1. The normalized spacial score (nSPS) is 17.1. The maximum atomic E-state index is 14.4. The minimum atomic E-state index is -0.776. The Balaban J connectivity index is 1.37. The Labute approximate surface area is 186 Å². The SMILES string of the molecule is O=C(N[C@@H]1c2ccccc2C[C@@H]1O)c1ccc(F)c(NC(=O)c2cnc3ccc(F)cn23)c1. The smallest absolute Gasteiger partial charge is 0.274 e. The van der Waals surface area contributed by atoms with Gasteiger partial charge in [0.15, 0.2) is 0 Å². The molecule has 0 radical (unpaired) electrons. The van der Waals surface area contributed by atoms with Gasteiger partial charge in [0.05, 0.1) is 24.0 Å². The molecule has 0 unspecified atom stereocenters. The third-order valence-corrected chi connectivity index (χ3v) is 5.67. The average molecular weight is 448 g/mol. The first-order chi connectivity index (χ1) is 15.9. The largest absolute Gasteiger partial charge is 0.390 e. The predicted molar refractivity (Wildman–Crippen MR) is 116 cm³/mol. The highest BCUT2D eigenvalue weighted by molar-refractivity contribution is 6.04. The van der Waals surface area contributed by atoms with Crippen molar-refractivity contribution in [3.05, 3.63) is 101 Å². The standard InChI is InChI=1S/C24H18F2N4O3/c25-15-6-8-21-27-11-19(30(21)12-15)24(33)28-18-9-14(5-7-17(18)26)23(32)29-22-16-4-2-1-3-13(16)10-20(22)31/h1-9,11-12,20,22,31H,10H2,(H,28,33)(H,29,32)/t20-,22+/m0/s1. The number of anilines is 1. The van der Waals surface area contributed by atoms with Gasteiger partial charge in [-0.15, -0.1) is 0 Å². The van der Waals surface area contributed by atoms with Crippen LogP contribution in [0.5, 0.6) is 0 Å². The Kier molecular flexibility index (Phi) is 5.10. The molecule has 0 fully saturated rings. The van der Waals surface area contributed by atoms with Crippen molar-refractivity contribution >= 4 is 23.1 Å². The molecule has 2 heterocycles. The van der Waals surface area contributed by atoms with Gasteiger partial charge in [0.2, 0.25) is 0 Å². The molecule has 0 saturated heterocycles. The number of aliphatic hydroxyl groups excluding tert-OH is 1. The number of halogens is 2. The summed E-state index contributed by atoms with van der Waals surface area (Å²) >= 11 is 0. The number of hydrogen-bond donors (Lipinski definition) is 3. The summed E-state index contributed by atoms with van der Waals surface area (Å²) in [6.07, 6.45) is 1.99. The highest BCUT2D eigenvalue weighted by Gasteiger charge is 2.32. The van der Waals surface area contributed by atoms with Crippen LogP contribution < -0.4 is 10.6 Å². The number of carbonyl (C=O) groups excluding carboxylic acids is 2. The zero-order valence-electron chi connectivity index (χ0n) is 17.1. The molecule has 0 bridgehead atoms. The van der Waals surface area contributed by atoms with E-state index in [4.69, 9.17) is 0 Å². The van der Waals surface area contributed by atoms with Gasteiger partial charge < -0.3 is 15.7 Å². The minimum Gasteiger partial charge on any atom is -0.390 e. The lowest BCUT2D eigenvalue weighted by atomic mass is 10.1. The molecule has 0 aliphatic heterocycles. The van der Waals surface area contributed by atoms with Crippen LogP contribution in [0.1, 0.15) is 38.0 Å². The Bertz CT molecular complexity index is 1400. The van der Waals surface area contributed by atoms with Crippen molar-refractivity contribution in [2.45, 2.75) is 18.6 Å². The van der Waals surface area contributed by atoms with Gasteiger partial charge in [0.1, 0.15) is 23.0 Å². The predicted octanol–water partition coefficient (Wildman–Crippen LogP) is 3.25. The lowest BCUT2D eigenvalue weighted by Crippen LogP contribution is -2.34. The van der Waals surface area contributed by atoms with Crippen LogP contribution in [-0.4, -0.2) is 32.4 Å². The van der Waals surface area contributed by atoms with Crippen LogP contribution in [0.4, 0.5) is 14.5 Å². The van der Waals surface area contributed by atoms with Crippen molar-refractivity contribution in [1.82, 2.24) is 14.7 Å². The number of hydrogen-bond acceptors (Lipinski definition) is 4. The Morgan fingerprint density at radius 3 is 2.73 bits per heavy atom. The molecule has 2 atom stereocenters. The topological polar surface area (TPSA) is 95.7 Å². The summed E-state index contributed by atoms with van der Waals surface area (Å²) in [7, 11) is 0. The van der Waals surface area contributed by atoms with E-state index >= 15 is 0 Å². The van der Waals surface area contributed by atoms with Gasteiger partial charge >= 0.3 is 0 Å². The number of rotatable bonds is 4. The van der Waals surface area contributed by atoms with Crippen LogP contribution in [0.3, 0.4) is 0 Å². The van der Waals surface area contributed by atoms with E-state index in [0.29, 0.717) is 12.1 Å². The number of fused-ring (bicyclic) bond motifs is 2. The summed E-state index contributed by atoms with van der Waals surface area (Å²) in [6.45, 7) is 0. The van der Waals surface area contributed by atoms with Crippen LogP contribution in [0, 0.1) is 11.6 Å². The third-order valence-electron chi connectivity index (χ3n) is 5.67. The first kappa shape index (κ1) is 20.8. The number of nitrogens with zero attached hydrogens (tertiary/aromatic N) is 2. The molecule has 1 aliphatic rings. The van der Waals surface area contributed by atoms with Crippen LogP contribution in [-0.2, 0) is 6.42 Å². The maximum Gasteiger partial charge on any atom is 0.274 e. The molecule has 2 amide bonds. The van der Waals surface area contributed by atoms with Gasteiger partial charge in [0, 0.05) is 18.2 Å². The summed E-state index contributed by atoms with van der Waals surface area (Å²) in [5, 5.41) is 15.6. The van der Waals surface area contributed by atoms with E-state index in [0.717, 1.165) is 23.4 Å². The molecule has 33 heavy (non-hydrogen) atoms. The third kappa shape index (κ3) is 3.83. The number of amides is 2. The Morgan fingerprint density at radius 1 is 1.06 bits per heavy atom. The van der Waals surface area contributed by atoms with Gasteiger partial charge in [-0.25, -0.2) is 13.8 Å². The summed E-state index contributed by atoms with van der Waals surface area (Å²) in [4.78, 5) is 29.6. The summed E-state index contributed by atoms with van der Waals surface area (Å²) in [6, 6.07) is 13.0. The molecular weight excluding hydrogens is 430 g/mol. The quantitative estimate of drug-likeness (QED) is 0.447. The van der Waals surface area contributed by atoms with Crippen molar-refractivity contribution in [3.8, 4) is 0 Å². The molecule has 4 aromatic rings. The monoisotopic (exact) mass is 448 g/mol. The van der Waals surface area contributed by atoms with Gasteiger partial charge in [0.25, 0.3) is 11.8 Å². The average Bonchev–Trinajstić information content (AvgIpc) is 3.35. The molecule has 3 N–H and O–H groups in total. The molecule has 0 spiro atoms. The van der Waals surface area contributed by atoms with Crippen molar-refractivity contribution in [2.75, 3.05) is 5.32 Å². The highest BCUT2D eigenvalue weighted by Crippen LogP contribution is 2.31. The Morgan fingerprint density at radius 2 is 1.88 bits per heavy atom. The number of imidazole rings is 1. The summed E-state index contributed by atoms with van der Waals surface area (Å²) < 4.78 is 29.2. The first-order valence-corrected chi connectivity index (χ1v) is 10.2.